The Kier molecular flexibility index (Phi) is 3.23. The number of nitrogens with zero attached hydrogens (tertiary/aromatic N) is 1. The van der Waals surface area contributed by atoms with Crippen molar-refractivity contribution in [2.75, 3.05) is 12.8 Å². The van der Waals surface area contributed by atoms with Crippen LogP contribution >= 0.6 is 22.6 Å². The SMILES string of the molecule is COc1c(N)ncc(I)c1C(F)F. The minimum Gasteiger partial charge on any atom is -0.492 e. The summed E-state index contributed by atoms with van der Waals surface area (Å²) < 4.78 is 30.1. The van der Waals surface area contributed by atoms with E-state index in [-0.39, 0.29) is 17.1 Å². The van der Waals surface area contributed by atoms with Gasteiger partial charge in [-0.25, -0.2) is 13.8 Å². The molecule has 0 unspecified atom stereocenters. The van der Waals surface area contributed by atoms with Crippen molar-refractivity contribution in [1.29, 1.82) is 0 Å². The lowest BCUT2D eigenvalue weighted by atomic mass is 10.2. The van der Waals surface area contributed by atoms with E-state index in [4.69, 9.17) is 10.5 Å². The monoisotopic (exact) mass is 300 g/mol. The number of aromatic nitrogens is 1. The van der Waals surface area contributed by atoms with Gasteiger partial charge < -0.3 is 10.5 Å². The number of anilines is 1. The lowest BCUT2D eigenvalue weighted by molar-refractivity contribution is 0.146. The van der Waals surface area contributed by atoms with Crippen molar-refractivity contribution in [3.63, 3.8) is 0 Å². The van der Waals surface area contributed by atoms with Crippen molar-refractivity contribution < 1.29 is 13.5 Å². The van der Waals surface area contributed by atoms with Crippen LogP contribution in [-0.4, -0.2) is 12.1 Å². The molecule has 0 aliphatic heterocycles. The van der Waals surface area contributed by atoms with Gasteiger partial charge in [0.1, 0.15) is 0 Å². The fourth-order valence-electron chi connectivity index (χ4n) is 0.919. The molecule has 0 aromatic carbocycles. The fourth-order valence-corrected chi connectivity index (χ4v) is 1.54. The molecule has 0 bridgehead atoms. The quantitative estimate of drug-likeness (QED) is 0.852. The fraction of sp³-hybridized carbons (Fsp3) is 0.286. The molecule has 1 aromatic heterocycles. The Labute approximate surface area is 87.4 Å². The van der Waals surface area contributed by atoms with E-state index in [1.54, 1.807) is 22.6 Å². The molecule has 0 spiro atoms. The second-order valence-corrected chi connectivity index (χ2v) is 3.40. The number of nitrogen functional groups attached to an aromatic ring is 1. The highest BCUT2D eigenvalue weighted by Gasteiger charge is 2.20. The zero-order chi connectivity index (χ0) is 10.0. The van der Waals surface area contributed by atoms with Gasteiger partial charge in [-0.2, -0.15) is 0 Å². The minimum absolute atomic E-state index is 0.0155. The van der Waals surface area contributed by atoms with Gasteiger partial charge in [0.2, 0.25) is 0 Å². The van der Waals surface area contributed by atoms with Gasteiger partial charge in [0.25, 0.3) is 6.43 Å². The molecule has 1 heterocycles. The molecule has 0 fully saturated rings. The number of ether oxygens (including phenoxy) is 1. The van der Waals surface area contributed by atoms with Crippen LogP contribution in [0.3, 0.4) is 0 Å². The summed E-state index contributed by atoms with van der Waals surface area (Å²) >= 11 is 1.76. The third kappa shape index (κ3) is 1.98. The third-order valence-corrected chi connectivity index (χ3v) is 2.33. The van der Waals surface area contributed by atoms with Crippen molar-refractivity contribution in [2.24, 2.45) is 0 Å². The van der Waals surface area contributed by atoms with Gasteiger partial charge >= 0.3 is 0 Å². The number of alkyl halides is 2. The van der Waals surface area contributed by atoms with Crippen LogP contribution in [0.5, 0.6) is 5.75 Å². The van der Waals surface area contributed by atoms with Crippen LogP contribution in [0.25, 0.3) is 0 Å². The lowest BCUT2D eigenvalue weighted by Gasteiger charge is -2.10. The maximum Gasteiger partial charge on any atom is 0.268 e. The van der Waals surface area contributed by atoms with E-state index in [1.165, 1.54) is 13.3 Å². The van der Waals surface area contributed by atoms with Crippen molar-refractivity contribution in [2.45, 2.75) is 6.43 Å². The Hall–Kier alpha value is -0.660. The summed E-state index contributed by atoms with van der Waals surface area (Å²) in [5.74, 6) is -0.0554. The predicted molar refractivity (Wildman–Crippen MR) is 52.9 cm³/mol. The van der Waals surface area contributed by atoms with Gasteiger partial charge in [0.05, 0.1) is 12.7 Å². The molecular weight excluding hydrogens is 293 g/mol. The molecule has 0 atom stereocenters. The summed E-state index contributed by atoms with van der Waals surface area (Å²) in [5.41, 5.74) is 5.17. The average molecular weight is 300 g/mol. The van der Waals surface area contributed by atoms with Gasteiger partial charge in [-0.1, -0.05) is 0 Å². The smallest absolute Gasteiger partial charge is 0.268 e. The number of nitrogens with two attached hydrogens (primary N) is 1. The predicted octanol–water partition coefficient (Wildman–Crippen LogP) is 2.21. The molecule has 0 aliphatic rings. The summed E-state index contributed by atoms with van der Waals surface area (Å²) in [5, 5.41) is 0. The molecule has 13 heavy (non-hydrogen) atoms. The first-order valence-corrected chi connectivity index (χ1v) is 4.41. The van der Waals surface area contributed by atoms with E-state index in [9.17, 15) is 8.78 Å². The molecular formula is C7H7F2IN2O. The topological polar surface area (TPSA) is 48.1 Å². The molecule has 0 amide bonds. The van der Waals surface area contributed by atoms with Gasteiger partial charge in [-0.15, -0.1) is 0 Å². The zero-order valence-electron chi connectivity index (χ0n) is 6.72. The van der Waals surface area contributed by atoms with Crippen molar-refractivity contribution in [1.82, 2.24) is 4.98 Å². The summed E-state index contributed by atoms with van der Waals surface area (Å²) in [4.78, 5) is 3.70. The van der Waals surface area contributed by atoms with Gasteiger partial charge in [-0.05, 0) is 22.6 Å². The summed E-state index contributed by atoms with van der Waals surface area (Å²) in [6.45, 7) is 0. The Balaban J connectivity index is 3.35. The van der Waals surface area contributed by atoms with Crippen molar-refractivity contribution in [3.8, 4) is 5.75 Å². The zero-order valence-corrected chi connectivity index (χ0v) is 8.88. The Morgan fingerprint density at radius 1 is 1.62 bits per heavy atom. The highest BCUT2D eigenvalue weighted by molar-refractivity contribution is 14.1. The molecule has 0 radical (unpaired) electrons. The molecule has 6 heteroatoms. The average Bonchev–Trinajstić information content (AvgIpc) is 2.07. The summed E-state index contributed by atoms with van der Waals surface area (Å²) in [7, 11) is 1.29. The van der Waals surface area contributed by atoms with E-state index < -0.39 is 6.43 Å². The van der Waals surface area contributed by atoms with Crippen LogP contribution in [-0.2, 0) is 0 Å². The molecule has 3 nitrogen and oxygen atoms in total. The Bertz CT molecular complexity index is 320. The highest BCUT2D eigenvalue weighted by Crippen LogP contribution is 2.35. The van der Waals surface area contributed by atoms with Gasteiger partial charge in [0, 0.05) is 9.77 Å². The second-order valence-electron chi connectivity index (χ2n) is 2.24. The van der Waals surface area contributed by atoms with Crippen LogP contribution in [0.4, 0.5) is 14.6 Å². The Morgan fingerprint density at radius 3 is 2.62 bits per heavy atom. The van der Waals surface area contributed by atoms with Crippen LogP contribution in [0, 0.1) is 3.57 Å². The molecule has 72 valence electrons. The first kappa shape index (κ1) is 10.4. The van der Waals surface area contributed by atoms with Crippen molar-refractivity contribution >= 4 is 28.4 Å². The standard InChI is InChI=1S/C7H7F2IN2O/c1-13-5-4(6(8)9)3(10)2-12-7(5)11/h2,6H,1H3,(H2,11,12). The maximum absolute atomic E-state index is 12.5. The van der Waals surface area contributed by atoms with E-state index >= 15 is 0 Å². The van der Waals surface area contributed by atoms with E-state index in [2.05, 4.69) is 4.98 Å². The molecule has 0 aliphatic carbocycles. The Morgan fingerprint density at radius 2 is 2.23 bits per heavy atom. The highest BCUT2D eigenvalue weighted by atomic mass is 127. The van der Waals surface area contributed by atoms with Crippen LogP contribution in [0.2, 0.25) is 0 Å². The number of rotatable bonds is 2. The van der Waals surface area contributed by atoms with E-state index in [0.29, 0.717) is 3.57 Å². The van der Waals surface area contributed by atoms with Crippen LogP contribution < -0.4 is 10.5 Å². The summed E-state index contributed by atoms with van der Waals surface area (Å²) in [6, 6.07) is 0. The first-order chi connectivity index (χ1) is 6.07. The molecule has 1 aromatic rings. The first-order valence-electron chi connectivity index (χ1n) is 3.34. The van der Waals surface area contributed by atoms with Gasteiger partial charge in [0.15, 0.2) is 11.6 Å². The van der Waals surface area contributed by atoms with Gasteiger partial charge in [-0.3, -0.25) is 0 Å². The van der Waals surface area contributed by atoms with Crippen LogP contribution in [0.1, 0.15) is 12.0 Å². The number of methoxy groups -OCH3 is 1. The number of pyridine rings is 1. The number of halogens is 3. The molecule has 0 saturated heterocycles. The molecule has 1 rings (SSSR count). The lowest BCUT2D eigenvalue weighted by Crippen LogP contribution is -2.02. The van der Waals surface area contributed by atoms with Crippen molar-refractivity contribution in [3.05, 3.63) is 15.3 Å². The summed E-state index contributed by atoms with van der Waals surface area (Å²) in [6.07, 6.45) is -1.31. The molecule has 2 N–H and O–H groups in total. The van der Waals surface area contributed by atoms with E-state index in [1.807, 2.05) is 0 Å². The maximum atomic E-state index is 12.5. The normalized spacial score (nSPS) is 10.5. The number of hydrogen-bond donors (Lipinski definition) is 1. The largest absolute Gasteiger partial charge is 0.492 e. The van der Waals surface area contributed by atoms with Crippen LogP contribution in [0.15, 0.2) is 6.20 Å². The number of hydrogen-bond acceptors (Lipinski definition) is 3. The third-order valence-electron chi connectivity index (χ3n) is 1.47. The second kappa shape index (κ2) is 4.03. The molecule has 0 saturated carbocycles. The van der Waals surface area contributed by atoms with E-state index in [0.717, 1.165) is 0 Å². The minimum atomic E-state index is -2.60.